The molecule has 2 heterocycles. The molecule has 0 unspecified atom stereocenters. The second kappa shape index (κ2) is 4.63. The normalized spacial score (nSPS) is 15.0. The summed E-state index contributed by atoms with van der Waals surface area (Å²) in [6.45, 7) is 6.53. The number of rotatable bonds is 3. The quantitative estimate of drug-likeness (QED) is 0.869. The van der Waals surface area contributed by atoms with Gasteiger partial charge in [-0.25, -0.2) is 0 Å². The van der Waals surface area contributed by atoms with Crippen LogP contribution in [0.2, 0.25) is 0 Å². The van der Waals surface area contributed by atoms with Crippen molar-refractivity contribution < 1.29 is 14.2 Å². The predicted molar refractivity (Wildman–Crippen MR) is 76.7 cm³/mol. The van der Waals surface area contributed by atoms with Crippen molar-refractivity contribution >= 4 is 11.5 Å². The first-order valence-electron chi connectivity index (χ1n) is 6.44. The minimum atomic E-state index is -0.436. The van der Waals surface area contributed by atoms with Gasteiger partial charge in [-0.05, 0) is 38.4 Å². The Labute approximate surface area is 121 Å². The van der Waals surface area contributed by atoms with Gasteiger partial charge < -0.3 is 14.2 Å². The Morgan fingerprint density at radius 1 is 1.30 bits per heavy atom. The van der Waals surface area contributed by atoms with E-state index in [-0.39, 0.29) is 0 Å². The van der Waals surface area contributed by atoms with Gasteiger partial charge in [-0.2, -0.15) is 0 Å². The molecule has 0 fully saturated rings. The molecular weight excluding hydrogens is 276 g/mol. The van der Waals surface area contributed by atoms with Crippen LogP contribution in [0.15, 0.2) is 12.1 Å². The van der Waals surface area contributed by atoms with Crippen molar-refractivity contribution in [2.45, 2.75) is 26.4 Å². The van der Waals surface area contributed by atoms with Gasteiger partial charge in [0.05, 0.1) is 18.6 Å². The van der Waals surface area contributed by atoms with Gasteiger partial charge in [-0.15, -0.1) is 5.10 Å². The molecule has 1 aromatic heterocycles. The standard InChI is InChI=1S/C14H16N2O3S/c1-5-18-11-7-9-8(6-10(11)17-4)12-13(20-16-15-12)14(2,3)19-9/h6-7H,5H2,1-4H3. The second-order valence-electron chi connectivity index (χ2n) is 5.00. The predicted octanol–water partition coefficient (Wildman–Crippen LogP) is 3.24. The van der Waals surface area contributed by atoms with Gasteiger partial charge in [0, 0.05) is 11.6 Å². The Bertz CT molecular complexity index is 652. The maximum atomic E-state index is 6.09. The fraction of sp³-hybridized carbons (Fsp3) is 0.429. The molecule has 0 spiro atoms. The number of aromatic nitrogens is 2. The zero-order valence-corrected chi connectivity index (χ0v) is 12.7. The van der Waals surface area contributed by atoms with Crippen LogP contribution in [0.4, 0.5) is 0 Å². The minimum absolute atomic E-state index is 0.436. The highest BCUT2D eigenvalue weighted by Crippen LogP contribution is 2.49. The average Bonchev–Trinajstić information content (AvgIpc) is 2.89. The Morgan fingerprint density at radius 2 is 2.10 bits per heavy atom. The first-order chi connectivity index (χ1) is 9.56. The first kappa shape index (κ1) is 13.2. The van der Waals surface area contributed by atoms with Gasteiger partial charge in [0.2, 0.25) is 0 Å². The van der Waals surface area contributed by atoms with Crippen LogP contribution in [0.3, 0.4) is 0 Å². The van der Waals surface area contributed by atoms with E-state index in [1.165, 1.54) is 11.5 Å². The molecule has 20 heavy (non-hydrogen) atoms. The smallest absolute Gasteiger partial charge is 0.164 e. The Kier molecular flexibility index (Phi) is 3.05. The maximum absolute atomic E-state index is 6.09. The van der Waals surface area contributed by atoms with E-state index in [0.29, 0.717) is 18.1 Å². The van der Waals surface area contributed by atoms with E-state index in [1.54, 1.807) is 7.11 Å². The third-order valence-corrected chi connectivity index (χ3v) is 4.25. The van der Waals surface area contributed by atoms with E-state index in [0.717, 1.165) is 21.9 Å². The van der Waals surface area contributed by atoms with Crippen LogP contribution < -0.4 is 14.2 Å². The lowest BCUT2D eigenvalue weighted by Gasteiger charge is -2.31. The highest BCUT2D eigenvalue weighted by atomic mass is 32.1. The third kappa shape index (κ3) is 1.91. The minimum Gasteiger partial charge on any atom is -0.493 e. The molecule has 0 saturated heterocycles. The maximum Gasteiger partial charge on any atom is 0.164 e. The molecule has 1 aliphatic rings. The fourth-order valence-electron chi connectivity index (χ4n) is 2.32. The number of hydrogen-bond donors (Lipinski definition) is 0. The van der Waals surface area contributed by atoms with Crippen molar-refractivity contribution in [2.75, 3.05) is 13.7 Å². The number of nitrogens with zero attached hydrogens (tertiary/aromatic N) is 2. The van der Waals surface area contributed by atoms with Crippen LogP contribution in [0.5, 0.6) is 17.2 Å². The molecule has 1 aliphatic heterocycles. The van der Waals surface area contributed by atoms with Gasteiger partial charge in [0.25, 0.3) is 0 Å². The van der Waals surface area contributed by atoms with Crippen molar-refractivity contribution in [1.29, 1.82) is 0 Å². The molecule has 0 aliphatic carbocycles. The molecule has 2 aromatic rings. The lowest BCUT2D eigenvalue weighted by atomic mass is 9.97. The largest absolute Gasteiger partial charge is 0.493 e. The molecule has 106 valence electrons. The topological polar surface area (TPSA) is 53.5 Å². The highest BCUT2D eigenvalue weighted by Gasteiger charge is 2.36. The molecular formula is C14H16N2O3S. The van der Waals surface area contributed by atoms with Gasteiger partial charge in [0.1, 0.15) is 17.0 Å². The van der Waals surface area contributed by atoms with E-state index in [1.807, 2.05) is 32.9 Å². The first-order valence-corrected chi connectivity index (χ1v) is 7.21. The summed E-state index contributed by atoms with van der Waals surface area (Å²) in [5.41, 5.74) is 1.32. The lowest BCUT2D eigenvalue weighted by molar-refractivity contribution is 0.109. The number of ether oxygens (including phenoxy) is 3. The second-order valence-corrected chi connectivity index (χ2v) is 5.75. The summed E-state index contributed by atoms with van der Waals surface area (Å²) in [7, 11) is 1.62. The Morgan fingerprint density at radius 3 is 2.80 bits per heavy atom. The lowest BCUT2D eigenvalue weighted by Crippen LogP contribution is -2.28. The van der Waals surface area contributed by atoms with E-state index in [2.05, 4.69) is 9.59 Å². The van der Waals surface area contributed by atoms with E-state index >= 15 is 0 Å². The van der Waals surface area contributed by atoms with Crippen LogP contribution in [0.1, 0.15) is 25.6 Å². The molecule has 1 aromatic carbocycles. The summed E-state index contributed by atoms with van der Waals surface area (Å²) in [6.07, 6.45) is 0. The van der Waals surface area contributed by atoms with Gasteiger partial charge in [0.15, 0.2) is 11.5 Å². The van der Waals surface area contributed by atoms with Crippen molar-refractivity contribution in [2.24, 2.45) is 0 Å². The van der Waals surface area contributed by atoms with Gasteiger partial charge >= 0.3 is 0 Å². The number of methoxy groups -OCH3 is 1. The molecule has 0 amide bonds. The van der Waals surface area contributed by atoms with Crippen LogP contribution in [-0.2, 0) is 5.60 Å². The Balaban J connectivity index is 2.19. The third-order valence-electron chi connectivity index (χ3n) is 3.22. The van der Waals surface area contributed by atoms with Crippen LogP contribution in [0.25, 0.3) is 11.3 Å². The van der Waals surface area contributed by atoms with Gasteiger partial charge in [-0.1, -0.05) is 4.49 Å². The zero-order chi connectivity index (χ0) is 14.3. The summed E-state index contributed by atoms with van der Waals surface area (Å²) in [5, 5.41) is 4.24. The summed E-state index contributed by atoms with van der Waals surface area (Å²) in [4.78, 5) is 1.02. The van der Waals surface area contributed by atoms with Crippen LogP contribution >= 0.6 is 11.5 Å². The van der Waals surface area contributed by atoms with Crippen LogP contribution in [0, 0.1) is 0 Å². The number of hydrogen-bond acceptors (Lipinski definition) is 6. The van der Waals surface area contributed by atoms with Crippen molar-refractivity contribution in [3.8, 4) is 28.5 Å². The fourth-order valence-corrected chi connectivity index (χ4v) is 3.02. The van der Waals surface area contributed by atoms with Crippen molar-refractivity contribution in [3.05, 3.63) is 17.0 Å². The molecule has 0 N–H and O–H groups in total. The highest BCUT2D eigenvalue weighted by molar-refractivity contribution is 7.06. The van der Waals surface area contributed by atoms with Crippen LogP contribution in [-0.4, -0.2) is 23.3 Å². The monoisotopic (exact) mass is 292 g/mol. The molecule has 3 rings (SSSR count). The Hall–Kier alpha value is -1.82. The summed E-state index contributed by atoms with van der Waals surface area (Å²) >= 11 is 1.37. The molecule has 0 bridgehead atoms. The summed E-state index contributed by atoms with van der Waals surface area (Å²) in [6, 6.07) is 3.76. The number of fused-ring (bicyclic) bond motifs is 3. The molecule has 0 saturated carbocycles. The summed E-state index contributed by atoms with van der Waals surface area (Å²) < 4.78 is 21.1. The van der Waals surface area contributed by atoms with E-state index in [4.69, 9.17) is 14.2 Å². The molecule has 0 atom stereocenters. The van der Waals surface area contributed by atoms with Gasteiger partial charge in [-0.3, -0.25) is 0 Å². The van der Waals surface area contributed by atoms with Crippen molar-refractivity contribution in [3.63, 3.8) is 0 Å². The van der Waals surface area contributed by atoms with E-state index in [9.17, 15) is 0 Å². The van der Waals surface area contributed by atoms with Crippen molar-refractivity contribution in [1.82, 2.24) is 9.59 Å². The average molecular weight is 292 g/mol. The summed E-state index contributed by atoms with van der Waals surface area (Å²) in [5.74, 6) is 2.10. The van der Waals surface area contributed by atoms with E-state index < -0.39 is 5.60 Å². The zero-order valence-electron chi connectivity index (χ0n) is 11.9. The molecule has 0 radical (unpaired) electrons. The SMILES string of the molecule is CCOc1cc2c(cc1OC)-c1nnsc1C(C)(C)O2. The molecule has 6 heteroatoms. The number of benzene rings is 1. The molecule has 5 nitrogen and oxygen atoms in total.